The van der Waals surface area contributed by atoms with Crippen LogP contribution in [0, 0.1) is 0 Å². The molecule has 5 nitrogen and oxygen atoms in total. The van der Waals surface area contributed by atoms with Crippen molar-refractivity contribution in [1.29, 1.82) is 0 Å². The van der Waals surface area contributed by atoms with Crippen LogP contribution in [0.15, 0.2) is 16.3 Å². The average Bonchev–Trinajstić information content (AvgIpc) is 2.83. The zero-order valence-corrected chi connectivity index (χ0v) is 14.2. The van der Waals surface area contributed by atoms with Gasteiger partial charge >= 0.3 is 0 Å². The Kier molecular flexibility index (Phi) is 6.60. The van der Waals surface area contributed by atoms with Crippen molar-refractivity contribution in [3.8, 4) is 0 Å². The predicted molar refractivity (Wildman–Crippen MR) is 82.6 cm³/mol. The molecule has 0 fully saturated rings. The first-order valence-electron chi connectivity index (χ1n) is 6.73. The molecule has 0 aliphatic rings. The monoisotopic (exact) mass is 320 g/mol. The van der Waals surface area contributed by atoms with E-state index in [0.717, 1.165) is 11.4 Å². The standard InChI is InChI=1S/C13H24N2O3S2/c1-5-14-9-11-12(7-8-19-11)20(16,17)15-10-13(3,4)18-6-2/h7-8,14-15H,5-6,9-10H2,1-4H3. The molecule has 1 heterocycles. The number of thiophene rings is 1. The molecule has 0 radical (unpaired) electrons. The molecule has 0 aliphatic heterocycles. The first-order valence-corrected chi connectivity index (χ1v) is 9.09. The molecule has 0 saturated carbocycles. The van der Waals surface area contributed by atoms with Gasteiger partial charge in [0.15, 0.2) is 0 Å². The molecule has 7 heteroatoms. The minimum absolute atomic E-state index is 0.250. The van der Waals surface area contributed by atoms with Gasteiger partial charge in [-0.25, -0.2) is 13.1 Å². The molecule has 0 aliphatic carbocycles. The van der Waals surface area contributed by atoms with Gasteiger partial charge in [0.25, 0.3) is 0 Å². The lowest BCUT2D eigenvalue weighted by atomic mass is 10.1. The van der Waals surface area contributed by atoms with E-state index in [9.17, 15) is 8.42 Å². The molecule has 0 amide bonds. The summed E-state index contributed by atoms with van der Waals surface area (Å²) in [6.45, 7) is 9.80. The topological polar surface area (TPSA) is 67.4 Å². The number of sulfonamides is 1. The fourth-order valence-electron chi connectivity index (χ4n) is 1.72. The van der Waals surface area contributed by atoms with E-state index in [-0.39, 0.29) is 6.54 Å². The van der Waals surface area contributed by atoms with Crippen molar-refractivity contribution in [2.45, 2.75) is 44.7 Å². The van der Waals surface area contributed by atoms with Crippen molar-refractivity contribution in [1.82, 2.24) is 10.0 Å². The molecule has 0 saturated heterocycles. The summed E-state index contributed by atoms with van der Waals surface area (Å²) >= 11 is 1.45. The molecule has 0 atom stereocenters. The zero-order chi connectivity index (χ0) is 15.2. The van der Waals surface area contributed by atoms with Crippen molar-refractivity contribution in [2.75, 3.05) is 19.7 Å². The van der Waals surface area contributed by atoms with E-state index >= 15 is 0 Å². The predicted octanol–water partition coefficient (Wildman–Crippen LogP) is 1.95. The molecule has 1 aromatic heterocycles. The lowest BCUT2D eigenvalue weighted by Gasteiger charge is -2.24. The Hall–Kier alpha value is -0.470. The van der Waals surface area contributed by atoms with Crippen LogP contribution in [0.25, 0.3) is 0 Å². The maximum Gasteiger partial charge on any atom is 0.241 e. The zero-order valence-electron chi connectivity index (χ0n) is 12.5. The van der Waals surface area contributed by atoms with Crippen LogP contribution in [0.1, 0.15) is 32.6 Å². The second-order valence-electron chi connectivity index (χ2n) is 5.01. The number of nitrogens with one attached hydrogen (secondary N) is 2. The highest BCUT2D eigenvalue weighted by atomic mass is 32.2. The molecular weight excluding hydrogens is 296 g/mol. The highest BCUT2D eigenvalue weighted by Gasteiger charge is 2.24. The number of rotatable bonds is 9. The van der Waals surface area contributed by atoms with Gasteiger partial charge in [0.1, 0.15) is 0 Å². The van der Waals surface area contributed by atoms with Crippen LogP contribution < -0.4 is 10.0 Å². The van der Waals surface area contributed by atoms with Gasteiger partial charge in [-0.15, -0.1) is 11.3 Å². The lowest BCUT2D eigenvalue weighted by molar-refractivity contribution is -0.00515. The molecular formula is C13H24N2O3S2. The summed E-state index contributed by atoms with van der Waals surface area (Å²) in [5, 5.41) is 4.95. The first-order chi connectivity index (χ1) is 9.32. The largest absolute Gasteiger partial charge is 0.375 e. The van der Waals surface area contributed by atoms with Gasteiger partial charge in [-0.1, -0.05) is 6.92 Å². The smallest absolute Gasteiger partial charge is 0.241 e. The first kappa shape index (κ1) is 17.6. The summed E-state index contributed by atoms with van der Waals surface area (Å²) in [4.78, 5) is 1.18. The Morgan fingerprint density at radius 3 is 2.65 bits per heavy atom. The van der Waals surface area contributed by atoms with Gasteiger partial charge in [0.2, 0.25) is 10.0 Å². The molecule has 116 valence electrons. The number of hydrogen-bond acceptors (Lipinski definition) is 5. The van der Waals surface area contributed by atoms with Crippen LogP contribution in [0.4, 0.5) is 0 Å². The summed E-state index contributed by atoms with van der Waals surface area (Å²) in [5.41, 5.74) is -0.514. The second-order valence-corrected chi connectivity index (χ2v) is 7.74. The third-order valence-corrected chi connectivity index (χ3v) is 5.29. The van der Waals surface area contributed by atoms with E-state index < -0.39 is 15.6 Å². The Morgan fingerprint density at radius 1 is 1.35 bits per heavy atom. The van der Waals surface area contributed by atoms with Gasteiger partial charge in [-0.05, 0) is 38.8 Å². The molecule has 1 aromatic rings. The van der Waals surface area contributed by atoms with Crippen LogP contribution in [-0.4, -0.2) is 33.7 Å². The number of ether oxygens (including phenoxy) is 1. The minimum atomic E-state index is -3.49. The Bertz CT molecular complexity index is 509. The SMILES string of the molecule is CCNCc1sccc1S(=O)(=O)NCC(C)(C)OCC. The minimum Gasteiger partial charge on any atom is -0.375 e. The average molecular weight is 320 g/mol. The van der Waals surface area contributed by atoms with Crippen molar-refractivity contribution < 1.29 is 13.2 Å². The van der Waals surface area contributed by atoms with Gasteiger partial charge in [0.05, 0.1) is 10.5 Å². The van der Waals surface area contributed by atoms with Crippen LogP contribution in [0.3, 0.4) is 0 Å². The summed E-state index contributed by atoms with van der Waals surface area (Å²) in [6, 6.07) is 1.65. The van der Waals surface area contributed by atoms with Crippen LogP contribution in [0.5, 0.6) is 0 Å². The highest BCUT2D eigenvalue weighted by molar-refractivity contribution is 7.89. The van der Waals surface area contributed by atoms with E-state index in [1.807, 2.05) is 27.7 Å². The fraction of sp³-hybridized carbons (Fsp3) is 0.692. The Labute approximate surface area is 125 Å². The molecule has 0 unspecified atom stereocenters. The van der Waals surface area contributed by atoms with Crippen LogP contribution >= 0.6 is 11.3 Å². The van der Waals surface area contributed by atoms with E-state index in [2.05, 4.69) is 10.0 Å². The molecule has 1 rings (SSSR count). The Balaban J connectivity index is 2.76. The van der Waals surface area contributed by atoms with Gasteiger partial charge in [-0.2, -0.15) is 0 Å². The van der Waals surface area contributed by atoms with Crippen LogP contribution in [0.2, 0.25) is 0 Å². The number of hydrogen-bond donors (Lipinski definition) is 2. The summed E-state index contributed by atoms with van der Waals surface area (Å²) < 4.78 is 32.8. The third kappa shape index (κ3) is 5.14. The van der Waals surface area contributed by atoms with E-state index in [4.69, 9.17) is 4.74 Å². The van der Waals surface area contributed by atoms with Crippen molar-refractivity contribution in [3.05, 3.63) is 16.3 Å². The van der Waals surface area contributed by atoms with Crippen molar-refractivity contribution in [3.63, 3.8) is 0 Å². The molecule has 20 heavy (non-hydrogen) atoms. The van der Waals surface area contributed by atoms with Crippen molar-refractivity contribution >= 4 is 21.4 Å². The maximum absolute atomic E-state index is 12.3. The molecule has 0 spiro atoms. The summed E-state index contributed by atoms with van der Waals surface area (Å²) in [6.07, 6.45) is 0. The van der Waals surface area contributed by atoms with Gasteiger partial charge < -0.3 is 10.1 Å². The maximum atomic E-state index is 12.3. The normalized spacial score (nSPS) is 12.8. The summed E-state index contributed by atoms with van der Waals surface area (Å²) in [7, 11) is -3.49. The van der Waals surface area contributed by atoms with Gasteiger partial charge in [-0.3, -0.25) is 0 Å². The van der Waals surface area contributed by atoms with Crippen LogP contribution in [-0.2, 0) is 21.3 Å². The lowest BCUT2D eigenvalue weighted by Crippen LogP contribution is -2.40. The quantitative estimate of drug-likeness (QED) is 0.730. The highest BCUT2D eigenvalue weighted by Crippen LogP contribution is 2.22. The van der Waals surface area contributed by atoms with Crippen molar-refractivity contribution in [2.24, 2.45) is 0 Å². The third-order valence-electron chi connectivity index (χ3n) is 2.75. The molecule has 0 bridgehead atoms. The van der Waals surface area contributed by atoms with E-state index in [0.29, 0.717) is 18.0 Å². The van der Waals surface area contributed by atoms with E-state index in [1.165, 1.54) is 11.3 Å². The van der Waals surface area contributed by atoms with Gasteiger partial charge in [0, 0.05) is 24.6 Å². The Morgan fingerprint density at radius 2 is 2.05 bits per heavy atom. The summed E-state index contributed by atoms with van der Waals surface area (Å²) in [5.74, 6) is 0. The second kappa shape index (κ2) is 7.51. The fourth-order valence-corrected chi connectivity index (χ4v) is 4.33. The molecule has 2 N–H and O–H groups in total. The molecule has 0 aromatic carbocycles. The van der Waals surface area contributed by atoms with E-state index in [1.54, 1.807) is 11.4 Å².